The first-order chi connectivity index (χ1) is 13.4. The van der Waals surface area contributed by atoms with Gasteiger partial charge in [0, 0.05) is 24.6 Å². The topological polar surface area (TPSA) is 96.0 Å². The summed E-state index contributed by atoms with van der Waals surface area (Å²) in [7, 11) is 0. The van der Waals surface area contributed by atoms with E-state index in [0.717, 1.165) is 0 Å². The third kappa shape index (κ3) is 3.37. The van der Waals surface area contributed by atoms with Gasteiger partial charge in [-0.15, -0.1) is 0 Å². The van der Waals surface area contributed by atoms with E-state index in [0.29, 0.717) is 33.4 Å². The second kappa shape index (κ2) is 6.70. The zero-order chi connectivity index (χ0) is 19.8. The van der Waals surface area contributed by atoms with Crippen molar-refractivity contribution >= 4 is 39.7 Å². The smallest absolute Gasteiger partial charge is 0.308 e. The number of carbonyl (C=O) groups is 3. The maximum atomic E-state index is 12.8. The summed E-state index contributed by atoms with van der Waals surface area (Å²) in [6.07, 6.45) is 0. The summed E-state index contributed by atoms with van der Waals surface area (Å²) in [6.45, 7) is 2.62. The standard InChI is InChI=1S/C21H14O7/c1-11(22)25-15-3-5-17-13(7-15)9-19(27-17)21(24)20-10-14-8-16(26-12(2)23)4-6-18(14)28-20/h3-10H,1-2H3. The van der Waals surface area contributed by atoms with Crippen molar-refractivity contribution in [2.75, 3.05) is 0 Å². The van der Waals surface area contributed by atoms with Crippen LogP contribution in [0.5, 0.6) is 11.5 Å². The largest absolute Gasteiger partial charge is 0.452 e. The van der Waals surface area contributed by atoms with E-state index >= 15 is 0 Å². The molecular formula is C21H14O7. The van der Waals surface area contributed by atoms with Crippen LogP contribution in [0.3, 0.4) is 0 Å². The van der Waals surface area contributed by atoms with Gasteiger partial charge in [-0.3, -0.25) is 14.4 Å². The van der Waals surface area contributed by atoms with Gasteiger partial charge in [0.1, 0.15) is 22.7 Å². The Morgan fingerprint density at radius 3 is 1.50 bits per heavy atom. The zero-order valence-corrected chi connectivity index (χ0v) is 15.0. The molecule has 0 fully saturated rings. The molecule has 0 aliphatic heterocycles. The van der Waals surface area contributed by atoms with E-state index in [-0.39, 0.29) is 11.5 Å². The Morgan fingerprint density at radius 1 is 0.679 bits per heavy atom. The van der Waals surface area contributed by atoms with Crippen LogP contribution in [0, 0.1) is 0 Å². The average molecular weight is 378 g/mol. The van der Waals surface area contributed by atoms with Gasteiger partial charge in [-0.05, 0) is 48.5 Å². The van der Waals surface area contributed by atoms with Crippen LogP contribution < -0.4 is 9.47 Å². The van der Waals surface area contributed by atoms with Crippen molar-refractivity contribution in [1.29, 1.82) is 0 Å². The molecule has 4 rings (SSSR count). The van der Waals surface area contributed by atoms with Crippen LogP contribution in [0.1, 0.15) is 30.2 Å². The van der Waals surface area contributed by atoms with E-state index < -0.39 is 17.7 Å². The summed E-state index contributed by atoms with van der Waals surface area (Å²) >= 11 is 0. The summed E-state index contributed by atoms with van der Waals surface area (Å²) in [6, 6.07) is 12.7. The van der Waals surface area contributed by atoms with Crippen molar-refractivity contribution in [3.63, 3.8) is 0 Å². The predicted octanol–water partition coefficient (Wildman–Crippen LogP) is 4.26. The van der Waals surface area contributed by atoms with E-state index in [4.69, 9.17) is 18.3 Å². The molecule has 0 atom stereocenters. The van der Waals surface area contributed by atoms with Gasteiger partial charge in [-0.1, -0.05) is 0 Å². The summed E-state index contributed by atoms with van der Waals surface area (Å²) in [4.78, 5) is 34.9. The van der Waals surface area contributed by atoms with Crippen LogP contribution in [-0.4, -0.2) is 17.7 Å². The molecule has 140 valence electrons. The lowest BCUT2D eigenvalue weighted by molar-refractivity contribution is -0.132. The van der Waals surface area contributed by atoms with Crippen LogP contribution in [-0.2, 0) is 9.59 Å². The maximum absolute atomic E-state index is 12.8. The van der Waals surface area contributed by atoms with Gasteiger partial charge in [-0.2, -0.15) is 0 Å². The normalized spacial score (nSPS) is 10.9. The number of hydrogen-bond acceptors (Lipinski definition) is 7. The Bertz CT molecular complexity index is 1150. The Balaban J connectivity index is 1.66. The maximum Gasteiger partial charge on any atom is 0.308 e. The highest BCUT2D eigenvalue weighted by molar-refractivity contribution is 6.09. The number of esters is 2. The van der Waals surface area contributed by atoms with Crippen LogP contribution >= 0.6 is 0 Å². The van der Waals surface area contributed by atoms with E-state index in [1.54, 1.807) is 48.5 Å². The molecule has 0 saturated heterocycles. The first-order valence-corrected chi connectivity index (χ1v) is 8.38. The number of hydrogen-bond donors (Lipinski definition) is 0. The van der Waals surface area contributed by atoms with Gasteiger partial charge in [0.15, 0.2) is 11.5 Å². The van der Waals surface area contributed by atoms with Gasteiger partial charge >= 0.3 is 11.9 Å². The van der Waals surface area contributed by atoms with Gasteiger partial charge in [0.05, 0.1) is 0 Å². The SMILES string of the molecule is CC(=O)Oc1ccc2oc(C(=O)c3cc4cc(OC(C)=O)ccc4o3)cc2c1. The lowest BCUT2D eigenvalue weighted by Crippen LogP contribution is -2.00. The second-order valence-corrected chi connectivity index (χ2v) is 6.14. The van der Waals surface area contributed by atoms with E-state index in [1.807, 2.05) is 0 Å². The van der Waals surface area contributed by atoms with Gasteiger partial charge in [0.2, 0.25) is 0 Å². The predicted molar refractivity (Wildman–Crippen MR) is 98.5 cm³/mol. The molecule has 0 radical (unpaired) electrons. The molecule has 0 aliphatic rings. The summed E-state index contributed by atoms with van der Waals surface area (Å²) in [5.74, 6) is -0.397. The first kappa shape index (κ1) is 17.5. The minimum atomic E-state index is -0.436. The summed E-state index contributed by atoms with van der Waals surface area (Å²) < 4.78 is 21.3. The molecular weight excluding hydrogens is 364 g/mol. The minimum Gasteiger partial charge on any atom is -0.452 e. The fourth-order valence-electron chi connectivity index (χ4n) is 2.85. The zero-order valence-electron chi connectivity index (χ0n) is 15.0. The fourth-order valence-corrected chi connectivity index (χ4v) is 2.85. The monoisotopic (exact) mass is 378 g/mol. The molecule has 0 saturated carbocycles. The highest BCUT2D eigenvalue weighted by atomic mass is 16.5. The number of fused-ring (bicyclic) bond motifs is 2. The van der Waals surface area contributed by atoms with Crippen molar-refractivity contribution in [2.45, 2.75) is 13.8 Å². The van der Waals surface area contributed by atoms with Crippen LogP contribution in [0.15, 0.2) is 57.4 Å². The Hall–Kier alpha value is -3.87. The Morgan fingerprint density at radius 2 is 1.11 bits per heavy atom. The summed E-state index contributed by atoms with van der Waals surface area (Å²) in [5.41, 5.74) is 0.958. The highest BCUT2D eigenvalue weighted by Crippen LogP contribution is 2.29. The molecule has 2 aromatic carbocycles. The number of carbonyl (C=O) groups excluding carboxylic acids is 3. The molecule has 4 aromatic rings. The van der Waals surface area contributed by atoms with Crippen molar-refractivity contribution in [3.8, 4) is 11.5 Å². The minimum absolute atomic E-state index is 0.0919. The van der Waals surface area contributed by atoms with E-state index in [2.05, 4.69) is 0 Å². The van der Waals surface area contributed by atoms with Crippen molar-refractivity contribution < 1.29 is 32.7 Å². The third-order valence-electron chi connectivity index (χ3n) is 3.95. The lowest BCUT2D eigenvalue weighted by atomic mass is 10.2. The average Bonchev–Trinajstić information content (AvgIpc) is 3.23. The molecule has 28 heavy (non-hydrogen) atoms. The molecule has 2 heterocycles. The van der Waals surface area contributed by atoms with E-state index in [1.165, 1.54) is 13.8 Å². The van der Waals surface area contributed by atoms with Gasteiger partial charge in [-0.25, -0.2) is 0 Å². The lowest BCUT2D eigenvalue weighted by Gasteiger charge is -1.99. The number of rotatable bonds is 4. The Kier molecular flexibility index (Phi) is 4.19. The number of benzene rings is 2. The van der Waals surface area contributed by atoms with Crippen LogP contribution in [0.4, 0.5) is 0 Å². The van der Waals surface area contributed by atoms with Crippen molar-refractivity contribution in [1.82, 2.24) is 0 Å². The summed E-state index contributed by atoms with van der Waals surface area (Å²) in [5, 5.41) is 1.24. The second-order valence-electron chi connectivity index (χ2n) is 6.14. The highest BCUT2D eigenvalue weighted by Gasteiger charge is 2.20. The molecule has 2 aromatic heterocycles. The van der Waals surface area contributed by atoms with E-state index in [9.17, 15) is 14.4 Å². The van der Waals surface area contributed by atoms with Gasteiger partial charge in [0.25, 0.3) is 5.78 Å². The van der Waals surface area contributed by atoms with Crippen molar-refractivity contribution in [3.05, 3.63) is 60.1 Å². The fraction of sp³-hybridized carbons (Fsp3) is 0.0952. The van der Waals surface area contributed by atoms with Gasteiger partial charge < -0.3 is 18.3 Å². The number of ketones is 1. The Labute approximate surface area is 158 Å². The molecule has 0 bridgehead atoms. The molecule has 0 amide bonds. The molecule has 0 N–H and O–H groups in total. The van der Waals surface area contributed by atoms with Crippen molar-refractivity contribution in [2.24, 2.45) is 0 Å². The molecule has 7 heteroatoms. The molecule has 0 spiro atoms. The number of ether oxygens (including phenoxy) is 2. The number of furan rings is 2. The van der Waals surface area contributed by atoms with Crippen LogP contribution in [0.2, 0.25) is 0 Å². The molecule has 0 unspecified atom stereocenters. The first-order valence-electron chi connectivity index (χ1n) is 8.38. The molecule has 0 aliphatic carbocycles. The van der Waals surface area contributed by atoms with Crippen LogP contribution in [0.25, 0.3) is 21.9 Å². The quantitative estimate of drug-likeness (QED) is 0.297. The third-order valence-corrected chi connectivity index (χ3v) is 3.95. The molecule has 7 nitrogen and oxygen atoms in total.